The molecule has 0 aromatic heterocycles. The summed E-state index contributed by atoms with van der Waals surface area (Å²) in [4.78, 5) is 27.9. The molecule has 1 aliphatic rings. The van der Waals surface area contributed by atoms with E-state index in [1.807, 2.05) is 43.3 Å². The zero-order valence-electron chi connectivity index (χ0n) is 20.9. The van der Waals surface area contributed by atoms with Crippen LogP contribution in [0.2, 0.25) is 0 Å². The normalized spacial score (nSPS) is 17.2. The third-order valence-corrected chi connectivity index (χ3v) is 9.08. The average molecular weight is 493 g/mol. The van der Waals surface area contributed by atoms with E-state index in [4.69, 9.17) is 0 Å². The number of hydrogen-bond acceptors (Lipinski definition) is 4. The average Bonchev–Trinajstić information content (AvgIpc) is 3.11. The molecule has 1 atom stereocenters. The van der Waals surface area contributed by atoms with E-state index >= 15 is 0 Å². The van der Waals surface area contributed by atoms with Gasteiger partial charge in [0.1, 0.15) is 6.04 Å². The second kappa shape index (κ2) is 9.21. The van der Waals surface area contributed by atoms with Crippen molar-refractivity contribution in [1.82, 2.24) is 4.31 Å². The van der Waals surface area contributed by atoms with Crippen LogP contribution < -0.4 is 4.90 Å². The highest BCUT2D eigenvalue weighted by atomic mass is 32.2. The highest BCUT2D eigenvalue weighted by molar-refractivity contribution is 7.89. The standard InChI is InChI=1S/C28H32N2O4S/c1-6-28(4,5)30(35(33,34)24-16-13-21-9-7-8-10-22(21)17-24)25-18-26(31)29(27(25)32)23-14-11-20(12-15-23)19(2)3/h7-17,19,25H,6,18H2,1-5H3. The van der Waals surface area contributed by atoms with Crippen LogP contribution in [0.3, 0.4) is 0 Å². The molecule has 1 unspecified atom stereocenters. The molecule has 184 valence electrons. The molecule has 0 N–H and O–H groups in total. The first-order valence-electron chi connectivity index (χ1n) is 12.0. The van der Waals surface area contributed by atoms with Gasteiger partial charge in [-0.05, 0) is 66.8 Å². The van der Waals surface area contributed by atoms with Crippen LogP contribution in [0.1, 0.15) is 58.9 Å². The van der Waals surface area contributed by atoms with Gasteiger partial charge in [-0.25, -0.2) is 13.3 Å². The van der Waals surface area contributed by atoms with Gasteiger partial charge in [-0.3, -0.25) is 9.59 Å². The lowest BCUT2D eigenvalue weighted by Gasteiger charge is -2.39. The highest BCUT2D eigenvalue weighted by Crippen LogP contribution is 2.36. The van der Waals surface area contributed by atoms with Crippen LogP contribution in [-0.4, -0.2) is 36.1 Å². The maximum absolute atomic E-state index is 14.0. The summed E-state index contributed by atoms with van der Waals surface area (Å²) in [5.74, 6) is -0.601. The number of amides is 2. The van der Waals surface area contributed by atoms with E-state index in [-0.39, 0.29) is 11.3 Å². The first kappa shape index (κ1) is 25.1. The van der Waals surface area contributed by atoms with E-state index < -0.39 is 33.4 Å². The number of rotatable bonds is 7. The van der Waals surface area contributed by atoms with Crippen molar-refractivity contribution in [1.29, 1.82) is 0 Å². The third kappa shape index (κ3) is 4.50. The Morgan fingerprint density at radius 3 is 2.20 bits per heavy atom. The van der Waals surface area contributed by atoms with Crippen LogP contribution >= 0.6 is 0 Å². The Bertz CT molecular complexity index is 1380. The van der Waals surface area contributed by atoms with Crippen molar-refractivity contribution in [2.45, 2.75) is 69.9 Å². The zero-order chi connectivity index (χ0) is 25.5. The maximum atomic E-state index is 14.0. The minimum Gasteiger partial charge on any atom is -0.274 e. The lowest BCUT2D eigenvalue weighted by Crippen LogP contribution is -2.55. The largest absolute Gasteiger partial charge is 0.274 e. The van der Waals surface area contributed by atoms with Gasteiger partial charge in [0, 0.05) is 5.54 Å². The number of nitrogens with zero attached hydrogens (tertiary/aromatic N) is 2. The summed E-state index contributed by atoms with van der Waals surface area (Å²) in [6.07, 6.45) is 0.280. The number of carbonyl (C=O) groups excluding carboxylic acids is 2. The minimum absolute atomic E-state index is 0.109. The number of fused-ring (bicyclic) bond motifs is 1. The lowest BCUT2D eigenvalue weighted by molar-refractivity contribution is -0.122. The van der Waals surface area contributed by atoms with E-state index in [9.17, 15) is 18.0 Å². The van der Waals surface area contributed by atoms with Crippen molar-refractivity contribution in [3.05, 3.63) is 72.3 Å². The molecule has 0 saturated carbocycles. The summed E-state index contributed by atoms with van der Waals surface area (Å²) in [6, 6.07) is 18.7. The quantitative estimate of drug-likeness (QED) is 0.410. The molecule has 3 aromatic rings. The molecular weight excluding hydrogens is 460 g/mol. The molecule has 0 bridgehead atoms. The number of carbonyl (C=O) groups is 2. The van der Waals surface area contributed by atoms with Crippen LogP contribution in [0.25, 0.3) is 10.8 Å². The van der Waals surface area contributed by atoms with E-state index in [0.29, 0.717) is 18.0 Å². The van der Waals surface area contributed by atoms with Gasteiger partial charge in [0.15, 0.2) is 0 Å². The molecule has 1 aliphatic heterocycles. The van der Waals surface area contributed by atoms with Gasteiger partial charge in [-0.15, -0.1) is 0 Å². The first-order chi connectivity index (χ1) is 16.5. The summed E-state index contributed by atoms with van der Waals surface area (Å²) >= 11 is 0. The van der Waals surface area contributed by atoms with Gasteiger partial charge in [-0.2, -0.15) is 4.31 Å². The predicted molar refractivity (Wildman–Crippen MR) is 139 cm³/mol. The lowest BCUT2D eigenvalue weighted by atomic mass is 10.00. The molecule has 1 heterocycles. The third-order valence-electron chi connectivity index (χ3n) is 6.96. The SMILES string of the molecule is CCC(C)(C)N(C1CC(=O)N(c2ccc(C(C)C)cc2)C1=O)S(=O)(=O)c1ccc2ccccc2c1. The Kier molecular flexibility index (Phi) is 6.60. The van der Waals surface area contributed by atoms with E-state index in [2.05, 4.69) is 13.8 Å². The van der Waals surface area contributed by atoms with Crippen LogP contribution in [-0.2, 0) is 19.6 Å². The second-order valence-electron chi connectivity index (χ2n) is 10.0. The molecular formula is C28H32N2O4S. The Labute approximate surface area is 207 Å². The van der Waals surface area contributed by atoms with Crippen molar-refractivity contribution < 1.29 is 18.0 Å². The molecule has 0 radical (unpaired) electrons. The smallest absolute Gasteiger partial charge is 0.252 e. The second-order valence-corrected chi connectivity index (χ2v) is 11.8. The summed E-state index contributed by atoms with van der Waals surface area (Å²) in [5.41, 5.74) is 0.670. The van der Waals surface area contributed by atoms with Crippen LogP contribution in [0.5, 0.6) is 0 Å². The molecule has 35 heavy (non-hydrogen) atoms. The van der Waals surface area contributed by atoms with Crippen LogP contribution in [0, 0.1) is 0 Å². The van der Waals surface area contributed by atoms with Crippen molar-refractivity contribution in [2.24, 2.45) is 0 Å². The fraction of sp³-hybridized carbons (Fsp3) is 0.357. The fourth-order valence-electron chi connectivity index (χ4n) is 4.59. The Balaban J connectivity index is 1.76. The van der Waals surface area contributed by atoms with E-state index in [1.54, 1.807) is 44.2 Å². The maximum Gasteiger partial charge on any atom is 0.252 e. The molecule has 0 spiro atoms. The van der Waals surface area contributed by atoms with Gasteiger partial charge in [0.05, 0.1) is 17.0 Å². The molecule has 1 saturated heterocycles. The number of benzene rings is 3. The molecule has 1 fully saturated rings. The van der Waals surface area contributed by atoms with Crippen LogP contribution in [0.15, 0.2) is 71.6 Å². The fourth-order valence-corrected chi connectivity index (χ4v) is 6.61. The van der Waals surface area contributed by atoms with E-state index in [0.717, 1.165) is 21.2 Å². The van der Waals surface area contributed by atoms with Crippen molar-refractivity contribution in [3.8, 4) is 0 Å². The number of anilines is 1. The predicted octanol–water partition coefficient (Wildman–Crippen LogP) is 5.47. The molecule has 2 amide bonds. The monoisotopic (exact) mass is 492 g/mol. The van der Waals surface area contributed by atoms with Gasteiger partial charge in [0.2, 0.25) is 15.9 Å². The molecule has 6 nitrogen and oxygen atoms in total. The van der Waals surface area contributed by atoms with Gasteiger partial charge < -0.3 is 0 Å². The van der Waals surface area contributed by atoms with Crippen LogP contribution in [0.4, 0.5) is 5.69 Å². The summed E-state index contributed by atoms with van der Waals surface area (Å²) in [7, 11) is -4.09. The minimum atomic E-state index is -4.09. The molecule has 3 aromatic carbocycles. The highest BCUT2D eigenvalue weighted by Gasteiger charge is 2.51. The first-order valence-corrected chi connectivity index (χ1v) is 13.4. The summed E-state index contributed by atoms with van der Waals surface area (Å²) in [6.45, 7) is 9.61. The zero-order valence-corrected chi connectivity index (χ0v) is 21.7. The Hall–Kier alpha value is -3.03. The van der Waals surface area contributed by atoms with E-state index in [1.165, 1.54) is 4.31 Å². The molecule has 7 heteroatoms. The molecule has 0 aliphatic carbocycles. The van der Waals surface area contributed by atoms with Crippen molar-refractivity contribution in [2.75, 3.05) is 4.90 Å². The van der Waals surface area contributed by atoms with Crippen molar-refractivity contribution >= 4 is 38.3 Å². The van der Waals surface area contributed by atoms with Gasteiger partial charge in [-0.1, -0.05) is 63.2 Å². The number of sulfonamides is 1. The Morgan fingerprint density at radius 1 is 0.971 bits per heavy atom. The van der Waals surface area contributed by atoms with Gasteiger partial charge in [0.25, 0.3) is 5.91 Å². The topological polar surface area (TPSA) is 74.8 Å². The summed E-state index contributed by atoms with van der Waals surface area (Å²) in [5, 5.41) is 1.72. The van der Waals surface area contributed by atoms with Gasteiger partial charge >= 0.3 is 0 Å². The van der Waals surface area contributed by atoms with Crippen molar-refractivity contribution in [3.63, 3.8) is 0 Å². The number of hydrogen-bond donors (Lipinski definition) is 0. The molecule has 4 rings (SSSR count). The Morgan fingerprint density at radius 2 is 1.60 bits per heavy atom. The number of imide groups is 1. The summed E-state index contributed by atoms with van der Waals surface area (Å²) < 4.78 is 29.3.